The SMILES string of the molecule is Cc1nnc(NC(=O)[C@@H](C)Oc2ccc3c(c2)CCC3)s1. The summed E-state index contributed by atoms with van der Waals surface area (Å²) in [4.78, 5) is 12.1. The third-order valence-corrected chi connectivity index (χ3v) is 4.26. The van der Waals surface area contributed by atoms with Gasteiger partial charge < -0.3 is 4.74 Å². The maximum atomic E-state index is 12.1. The van der Waals surface area contributed by atoms with Crippen LogP contribution in [-0.4, -0.2) is 22.2 Å². The van der Waals surface area contributed by atoms with Crippen molar-refractivity contribution in [1.29, 1.82) is 0 Å². The smallest absolute Gasteiger partial charge is 0.266 e. The molecule has 0 bridgehead atoms. The van der Waals surface area contributed by atoms with Crippen molar-refractivity contribution in [3.8, 4) is 5.75 Å². The van der Waals surface area contributed by atoms with Crippen LogP contribution in [0.2, 0.25) is 0 Å². The molecule has 1 aliphatic carbocycles. The van der Waals surface area contributed by atoms with Crippen LogP contribution in [0.5, 0.6) is 5.75 Å². The third-order valence-electron chi connectivity index (χ3n) is 3.51. The Bertz CT molecular complexity index is 669. The standard InChI is InChI=1S/C15H17N3O2S/c1-9(14(19)16-15-18-17-10(2)21-15)20-13-7-6-11-4-3-5-12(11)8-13/h6-9H,3-5H2,1-2H3,(H,16,18,19)/t9-/m1/s1. The Morgan fingerprint density at radius 1 is 1.33 bits per heavy atom. The number of fused-ring (bicyclic) bond motifs is 1. The summed E-state index contributed by atoms with van der Waals surface area (Å²) >= 11 is 1.35. The average molecular weight is 303 g/mol. The summed E-state index contributed by atoms with van der Waals surface area (Å²) in [5, 5.41) is 11.8. The zero-order chi connectivity index (χ0) is 14.8. The Labute approximate surface area is 127 Å². The van der Waals surface area contributed by atoms with Gasteiger partial charge in [-0.05, 0) is 56.4 Å². The molecule has 1 aliphatic rings. The fraction of sp³-hybridized carbons (Fsp3) is 0.400. The van der Waals surface area contributed by atoms with Crippen molar-refractivity contribution < 1.29 is 9.53 Å². The van der Waals surface area contributed by atoms with Gasteiger partial charge in [0.15, 0.2) is 6.10 Å². The number of nitrogens with zero attached hydrogens (tertiary/aromatic N) is 2. The number of amides is 1. The van der Waals surface area contributed by atoms with E-state index in [0.29, 0.717) is 5.13 Å². The molecular weight excluding hydrogens is 286 g/mol. The summed E-state index contributed by atoms with van der Waals surface area (Å²) in [7, 11) is 0. The van der Waals surface area contributed by atoms with E-state index in [-0.39, 0.29) is 5.91 Å². The Kier molecular flexibility index (Phi) is 3.88. The predicted octanol–water partition coefficient (Wildman–Crippen LogP) is 2.74. The topological polar surface area (TPSA) is 64.1 Å². The van der Waals surface area contributed by atoms with Crippen LogP contribution in [-0.2, 0) is 17.6 Å². The summed E-state index contributed by atoms with van der Waals surface area (Å²) in [5.74, 6) is 0.526. The molecule has 5 nitrogen and oxygen atoms in total. The van der Waals surface area contributed by atoms with Crippen LogP contribution in [0.1, 0.15) is 29.5 Å². The van der Waals surface area contributed by atoms with E-state index in [1.165, 1.54) is 28.9 Å². The second kappa shape index (κ2) is 5.81. The molecule has 1 aromatic heterocycles. The zero-order valence-corrected chi connectivity index (χ0v) is 12.9. The van der Waals surface area contributed by atoms with Crippen LogP contribution in [0, 0.1) is 6.92 Å². The molecule has 0 radical (unpaired) electrons. The van der Waals surface area contributed by atoms with Crippen LogP contribution < -0.4 is 10.1 Å². The van der Waals surface area contributed by atoms with Crippen molar-refractivity contribution in [2.24, 2.45) is 0 Å². The first kappa shape index (κ1) is 14.0. The predicted molar refractivity (Wildman–Crippen MR) is 81.8 cm³/mol. The monoisotopic (exact) mass is 303 g/mol. The minimum atomic E-state index is -0.575. The number of benzene rings is 1. The molecule has 1 heterocycles. The molecule has 1 aromatic carbocycles. The Balaban J connectivity index is 1.62. The number of aryl methyl sites for hydroxylation is 3. The van der Waals surface area contributed by atoms with Gasteiger partial charge >= 0.3 is 0 Å². The van der Waals surface area contributed by atoms with Gasteiger partial charge in [0.1, 0.15) is 10.8 Å². The van der Waals surface area contributed by atoms with Gasteiger partial charge in [-0.25, -0.2) is 0 Å². The lowest BCUT2D eigenvalue weighted by atomic mass is 10.1. The first-order valence-electron chi connectivity index (χ1n) is 7.01. The van der Waals surface area contributed by atoms with Crippen molar-refractivity contribution in [1.82, 2.24) is 10.2 Å². The van der Waals surface area contributed by atoms with Gasteiger partial charge in [-0.2, -0.15) is 0 Å². The van der Waals surface area contributed by atoms with E-state index in [1.54, 1.807) is 6.92 Å². The number of ether oxygens (including phenoxy) is 1. The van der Waals surface area contributed by atoms with Crippen LogP contribution in [0.3, 0.4) is 0 Å². The molecule has 0 fully saturated rings. The minimum Gasteiger partial charge on any atom is -0.481 e. The number of rotatable bonds is 4. The van der Waals surface area contributed by atoms with Crippen LogP contribution in [0.15, 0.2) is 18.2 Å². The molecule has 0 saturated heterocycles. The summed E-state index contributed by atoms with van der Waals surface area (Å²) < 4.78 is 5.72. The van der Waals surface area contributed by atoms with Crippen molar-refractivity contribution in [3.63, 3.8) is 0 Å². The molecule has 1 N–H and O–H groups in total. The molecule has 0 saturated carbocycles. The third kappa shape index (κ3) is 3.21. The van der Waals surface area contributed by atoms with Crippen LogP contribution in [0.25, 0.3) is 0 Å². The number of nitrogens with one attached hydrogen (secondary N) is 1. The molecule has 21 heavy (non-hydrogen) atoms. The van der Waals surface area contributed by atoms with Gasteiger partial charge in [0.25, 0.3) is 5.91 Å². The summed E-state index contributed by atoms with van der Waals surface area (Å²) in [6.45, 7) is 3.58. The quantitative estimate of drug-likeness (QED) is 0.943. The average Bonchev–Trinajstić information content (AvgIpc) is 3.07. The zero-order valence-electron chi connectivity index (χ0n) is 12.0. The molecule has 2 aromatic rings. The van der Waals surface area contributed by atoms with Gasteiger partial charge in [0.2, 0.25) is 5.13 Å². The van der Waals surface area contributed by atoms with E-state index in [0.717, 1.165) is 23.6 Å². The molecule has 1 atom stereocenters. The van der Waals surface area contributed by atoms with E-state index in [2.05, 4.69) is 21.6 Å². The number of carbonyl (C=O) groups excluding carboxylic acids is 1. The summed E-state index contributed by atoms with van der Waals surface area (Å²) in [6.07, 6.45) is 2.86. The molecule has 1 amide bonds. The normalized spacial score (nSPS) is 14.6. The van der Waals surface area contributed by atoms with E-state index >= 15 is 0 Å². The number of hydrogen-bond donors (Lipinski definition) is 1. The fourth-order valence-corrected chi connectivity index (χ4v) is 3.03. The van der Waals surface area contributed by atoms with E-state index < -0.39 is 6.10 Å². The first-order chi connectivity index (χ1) is 10.1. The lowest BCUT2D eigenvalue weighted by Gasteiger charge is -2.14. The maximum Gasteiger partial charge on any atom is 0.266 e. The van der Waals surface area contributed by atoms with Crippen LogP contribution >= 0.6 is 11.3 Å². The number of hydrogen-bond acceptors (Lipinski definition) is 5. The van der Waals surface area contributed by atoms with Gasteiger partial charge in [-0.15, -0.1) is 10.2 Å². The Morgan fingerprint density at radius 2 is 2.14 bits per heavy atom. The van der Waals surface area contributed by atoms with Crippen molar-refractivity contribution in [2.75, 3.05) is 5.32 Å². The molecule has 3 rings (SSSR count). The lowest BCUT2D eigenvalue weighted by molar-refractivity contribution is -0.122. The Hall–Kier alpha value is -1.95. The molecule has 0 unspecified atom stereocenters. The molecular formula is C15H17N3O2S. The maximum absolute atomic E-state index is 12.1. The van der Waals surface area contributed by atoms with Gasteiger partial charge in [-0.1, -0.05) is 17.4 Å². The molecule has 0 spiro atoms. The number of carbonyl (C=O) groups is 1. The highest BCUT2D eigenvalue weighted by Crippen LogP contribution is 2.26. The highest BCUT2D eigenvalue weighted by Gasteiger charge is 2.18. The second-order valence-electron chi connectivity index (χ2n) is 5.16. The van der Waals surface area contributed by atoms with E-state index in [1.807, 2.05) is 19.1 Å². The summed E-state index contributed by atoms with van der Waals surface area (Å²) in [6, 6.07) is 6.07. The van der Waals surface area contributed by atoms with Crippen molar-refractivity contribution in [2.45, 2.75) is 39.2 Å². The number of anilines is 1. The first-order valence-corrected chi connectivity index (χ1v) is 7.83. The molecule has 0 aliphatic heterocycles. The highest BCUT2D eigenvalue weighted by molar-refractivity contribution is 7.15. The highest BCUT2D eigenvalue weighted by atomic mass is 32.1. The molecule has 6 heteroatoms. The second-order valence-corrected chi connectivity index (χ2v) is 6.34. The lowest BCUT2D eigenvalue weighted by Crippen LogP contribution is -2.30. The van der Waals surface area contributed by atoms with Crippen LogP contribution in [0.4, 0.5) is 5.13 Å². The minimum absolute atomic E-state index is 0.216. The van der Waals surface area contributed by atoms with Gasteiger partial charge in [0.05, 0.1) is 0 Å². The van der Waals surface area contributed by atoms with Gasteiger partial charge in [0, 0.05) is 0 Å². The van der Waals surface area contributed by atoms with Gasteiger partial charge in [-0.3, -0.25) is 10.1 Å². The number of aromatic nitrogens is 2. The van der Waals surface area contributed by atoms with Crippen molar-refractivity contribution >= 4 is 22.4 Å². The van der Waals surface area contributed by atoms with E-state index in [9.17, 15) is 4.79 Å². The Morgan fingerprint density at radius 3 is 2.90 bits per heavy atom. The summed E-state index contributed by atoms with van der Waals surface area (Å²) in [5.41, 5.74) is 2.73. The molecule has 110 valence electrons. The fourth-order valence-electron chi connectivity index (χ4n) is 2.43. The van der Waals surface area contributed by atoms with E-state index in [4.69, 9.17) is 4.74 Å². The largest absolute Gasteiger partial charge is 0.481 e. The van der Waals surface area contributed by atoms with Crippen molar-refractivity contribution in [3.05, 3.63) is 34.3 Å².